The molecule has 0 aliphatic heterocycles. The first-order valence-corrected chi connectivity index (χ1v) is 7.83. The smallest absolute Gasteiger partial charge is 0.271 e. The molecule has 0 bridgehead atoms. The molecule has 0 saturated carbocycles. The normalized spacial score (nSPS) is 11.0. The first-order chi connectivity index (χ1) is 12.0. The van der Waals surface area contributed by atoms with E-state index in [1.807, 2.05) is 31.2 Å². The molecule has 1 aromatic heterocycles. The second kappa shape index (κ2) is 7.00. The standard InChI is InChI=1S/C19H18N4O2/c1-12-17(16-8-3-4-9-18(16)21-12)11-20-23-19(25)14-6-5-7-15(10-14)22-13(2)24/h3-11,21H,1-2H3,(H,22,24)(H,23,25)/b20-11+. The van der Waals surface area contributed by atoms with E-state index < -0.39 is 0 Å². The average Bonchev–Trinajstić information content (AvgIpc) is 2.90. The van der Waals surface area contributed by atoms with E-state index in [0.717, 1.165) is 22.2 Å². The number of nitrogens with one attached hydrogen (secondary N) is 3. The van der Waals surface area contributed by atoms with E-state index in [4.69, 9.17) is 0 Å². The Bertz CT molecular complexity index is 972. The van der Waals surface area contributed by atoms with Crippen LogP contribution >= 0.6 is 0 Å². The van der Waals surface area contributed by atoms with Crippen molar-refractivity contribution in [1.29, 1.82) is 0 Å². The van der Waals surface area contributed by atoms with E-state index in [1.54, 1.807) is 30.5 Å². The topological polar surface area (TPSA) is 86.3 Å². The number of carbonyl (C=O) groups excluding carboxylic acids is 2. The third-order valence-electron chi connectivity index (χ3n) is 3.75. The van der Waals surface area contributed by atoms with Crippen LogP contribution in [0.5, 0.6) is 0 Å². The lowest BCUT2D eigenvalue weighted by atomic mass is 10.1. The number of rotatable bonds is 4. The van der Waals surface area contributed by atoms with Crippen LogP contribution in [0, 0.1) is 6.92 Å². The van der Waals surface area contributed by atoms with Crippen molar-refractivity contribution in [3.05, 3.63) is 65.4 Å². The van der Waals surface area contributed by atoms with Crippen LogP contribution in [-0.4, -0.2) is 23.0 Å². The Balaban J connectivity index is 1.74. The summed E-state index contributed by atoms with van der Waals surface area (Å²) in [7, 11) is 0. The van der Waals surface area contributed by atoms with Crippen LogP contribution in [0.4, 0.5) is 5.69 Å². The van der Waals surface area contributed by atoms with Gasteiger partial charge in [0.25, 0.3) is 5.91 Å². The molecule has 6 heteroatoms. The molecular weight excluding hydrogens is 316 g/mol. The van der Waals surface area contributed by atoms with E-state index in [1.165, 1.54) is 6.92 Å². The number of hydrogen-bond acceptors (Lipinski definition) is 3. The zero-order valence-electron chi connectivity index (χ0n) is 14.0. The third-order valence-corrected chi connectivity index (χ3v) is 3.75. The number of H-pyrrole nitrogens is 1. The fraction of sp³-hybridized carbons (Fsp3) is 0.105. The predicted octanol–water partition coefficient (Wildman–Crippen LogP) is 3.20. The quantitative estimate of drug-likeness (QED) is 0.505. The summed E-state index contributed by atoms with van der Waals surface area (Å²) < 4.78 is 0. The summed E-state index contributed by atoms with van der Waals surface area (Å²) in [5.74, 6) is -0.536. The number of fused-ring (bicyclic) bond motifs is 1. The highest BCUT2D eigenvalue weighted by Crippen LogP contribution is 2.19. The lowest BCUT2D eigenvalue weighted by molar-refractivity contribution is -0.114. The van der Waals surface area contributed by atoms with Crippen LogP contribution in [0.1, 0.15) is 28.5 Å². The van der Waals surface area contributed by atoms with Crippen molar-refractivity contribution in [2.24, 2.45) is 5.10 Å². The molecule has 0 radical (unpaired) electrons. The maximum atomic E-state index is 12.2. The van der Waals surface area contributed by atoms with Gasteiger partial charge < -0.3 is 10.3 Å². The Morgan fingerprint density at radius 2 is 1.92 bits per heavy atom. The summed E-state index contributed by atoms with van der Waals surface area (Å²) in [5, 5.41) is 7.75. The lowest BCUT2D eigenvalue weighted by Gasteiger charge is -2.04. The van der Waals surface area contributed by atoms with Gasteiger partial charge in [-0.15, -0.1) is 0 Å². The summed E-state index contributed by atoms with van der Waals surface area (Å²) in [5.41, 5.74) is 6.43. The fourth-order valence-corrected chi connectivity index (χ4v) is 2.63. The Morgan fingerprint density at radius 3 is 2.72 bits per heavy atom. The average molecular weight is 334 g/mol. The van der Waals surface area contributed by atoms with Crippen LogP contribution in [0.2, 0.25) is 0 Å². The van der Waals surface area contributed by atoms with Crippen molar-refractivity contribution < 1.29 is 9.59 Å². The Morgan fingerprint density at radius 1 is 1.12 bits per heavy atom. The van der Waals surface area contributed by atoms with Crippen molar-refractivity contribution in [1.82, 2.24) is 10.4 Å². The van der Waals surface area contributed by atoms with Gasteiger partial charge in [-0.2, -0.15) is 5.10 Å². The van der Waals surface area contributed by atoms with Crippen LogP contribution in [0.25, 0.3) is 10.9 Å². The minimum Gasteiger partial charge on any atom is -0.358 e. The molecule has 0 aliphatic rings. The van der Waals surface area contributed by atoms with E-state index in [0.29, 0.717) is 11.3 Å². The second-order valence-corrected chi connectivity index (χ2v) is 5.67. The predicted molar refractivity (Wildman–Crippen MR) is 98.8 cm³/mol. The number of nitrogens with zero attached hydrogens (tertiary/aromatic N) is 1. The minimum atomic E-state index is -0.346. The zero-order chi connectivity index (χ0) is 17.8. The van der Waals surface area contributed by atoms with Crippen LogP contribution in [0.3, 0.4) is 0 Å². The third kappa shape index (κ3) is 3.74. The second-order valence-electron chi connectivity index (χ2n) is 5.67. The SMILES string of the molecule is CC(=O)Nc1cccc(C(=O)N/N=C/c2c(C)[nH]c3ccccc23)c1. The van der Waals surface area contributed by atoms with Crippen molar-refractivity contribution in [3.8, 4) is 0 Å². The van der Waals surface area contributed by atoms with Gasteiger partial charge in [-0.05, 0) is 31.2 Å². The fourth-order valence-electron chi connectivity index (χ4n) is 2.63. The highest BCUT2D eigenvalue weighted by atomic mass is 16.2. The lowest BCUT2D eigenvalue weighted by Crippen LogP contribution is -2.18. The van der Waals surface area contributed by atoms with Gasteiger partial charge in [0.2, 0.25) is 5.91 Å². The number of aryl methyl sites for hydroxylation is 1. The molecule has 6 nitrogen and oxygen atoms in total. The molecular formula is C19H18N4O2. The number of hydrazone groups is 1. The van der Waals surface area contributed by atoms with Crippen molar-refractivity contribution >= 4 is 34.6 Å². The Hall–Kier alpha value is -3.41. The molecule has 2 aromatic carbocycles. The van der Waals surface area contributed by atoms with Crippen molar-refractivity contribution in [2.45, 2.75) is 13.8 Å². The molecule has 0 saturated heterocycles. The molecule has 25 heavy (non-hydrogen) atoms. The number of aromatic nitrogens is 1. The van der Waals surface area contributed by atoms with Crippen molar-refractivity contribution in [2.75, 3.05) is 5.32 Å². The summed E-state index contributed by atoms with van der Waals surface area (Å²) in [6.45, 7) is 3.38. The number of anilines is 1. The Labute approximate surface area is 144 Å². The number of aromatic amines is 1. The van der Waals surface area contributed by atoms with Gasteiger partial charge in [-0.25, -0.2) is 5.43 Å². The van der Waals surface area contributed by atoms with Gasteiger partial charge in [0.15, 0.2) is 0 Å². The molecule has 2 amide bonds. The number of carbonyl (C=O) groups is 2. The maximum absolute atomic E-state index is 12.2. The molecule has 3 aromatic rings. The number of benzene rings is 2. The van der Waals surface area contributed by atoms with Crippen molar-refractivity contribution in [3.63, 3.8) is 0 Å². The molecule has 0 unspecified atom stereocenters. The molecule has 0 fully saturated rings. The first kappa shape index (κ1) is 16.4. The van der Waals surface area contributed by atoms with E-state index >= 15 is 0 Å². The van der Waals surface area contributed by atoms with Gasteiger partial charge in [-0.3, -0.25) is 9.59 Å². The van der Waals surface area contributed by atoms with E-state index in [9.17, 15) is 9.59 Å². The zero-order valence-corrected chi connectivity index (χ0v) is 14.0. The highest BCUT2D eigenvalue weighted by molar-refractivity contribution is 6.02. The molecule has 0 aliphatic carbocycles. The van der Waals surface area contributed by atoms with E-state index in [2.05, 4.69) is 20.8 Å². The number of hydrogen-bond donors (Lipinski definition) is 3. The molecule has 3 N–H and O–H groups in total. The molecule has 1 heterocycles. The van der Waals surface area contributed by atoms with Gasteiger partial charge >= 0.3 is 0 Å². The largest absolute Gasteiger partial charge is 0.358 e. The summed E-state index contributed by atoms with van der Waals surface area (Å²) in [6, 6.07) is 14.6. The van der Waals surface area contributed by atoms with Crippen LogP contribution in [-0.2, 0) is 4.79 Å². The molecule has 126 valence electrons. The van der Waals surface area contributed by atoms with Gasteiger partial charge in [0.05, 0.1) is 6.21 Å². The number of amides is 2. The highest BCUT2D eigenvalue weighted by Gasteiger charge is 2.07. The first-order valence-electron chi connectivity index (χ1n) is 7.83. The van der Waals surface area contributed by atoms with Gasteiger partial charge in [-0.1, -0.05) is 24.3 Å². The molecule has 0 spiro atoms. The van der Waals surface area contributed by atoms with Gasteiger partial charge in [0.1, 0.15) is 0 Å². The summed E-state index contributed by atoms with van der Waals surface area (Å²) in [6.07, 6.45) is 1.63. The number of para-hydroxylation sites is 1. The van der Waals surface area contributed by atoms with Crippen LogP contribution < -0.4 is 10.7 Å². The maximum Gasteiger partial charge on any atom is 0.271 e. The Kier molecular flexibility index (Phi) is 4.61. The summed E-state index contributed by atoms with van der Waals surface area (Å²) >= 11 is 0. The van der Waals surface area contributed by atoms with Crippen LogP contribution in [0.15, 0.2) is 53.6 Å². The molecule has 0 atom stereocenters. The summed E-state index contributed by atoms with van der Waals surface area (Å²) in [4.78, 5) is 26.6. The van der Waals surface area contributed by atoms with E-state index in [-0.39, 0.29) is 11.8 Å². The molecule has 3 rings (SSSR count). The van der Waals surface area contributed by atoms with Gasteiger partial charge in [0, 0.05) is 40.3 Å². The minimum absolute atomic E-state index is 0.189. The monoisotopic (exact) mass is 334 g/mol.